The van der Waals surface area contributed by atoms with Crippen LogP contribution in [0.3, 0.4) is 0 Å². The lowest BCUT2D eigenvalue weighted by atomic mass is 10.2. The lowest BCUT2D eigenvalue weighted by Crippen LogP contribution is -2.33. The number of aliphatic carboxylic acids is 1. The van der Waals surface area contributed by atoms with Crippen LogP contribution < -0.4 is 4.74 Å². The predicted molar refractivity (Wildman–Crippen MR) is 85.9 cm³/mol. The molecule has 0 aromatic heterocycles. The number of nitrogens with zero attached hydrogens (tertiary/aromatic N) is 1. The molecule has 2 rings (SSSR count). The first-order valence-electron chi connectivity index (χ1n) is 7.15. The number of ether oxygens (including phenoxy) is 1. The average Bonchev–Trinajstić information content (AvgIpc) is 2.71. The maximum absolute atomic E-state index is 12.4. The van der Waals surface area contributed by atoms with E-state index >= 15 is 0 Å². The Hall–Kier alpha value is -2.09. The van der Waals surface area contributed by atoms with Crippen molar-refractivity contribution in [1.29, 1.82) is 0 Å². The van der Waals surface area contributed by atoms with Gasteiger partial charge in [-0.15, -0.1) is 11.8 Å². The summed E-state index contributed by atoms with van der Waals surface area (Å²) in [7, 11) is 0. The van der Waals surface area contributed by atoms with Crippen molar-refractivity contribution in [2.75, 3.05) is 5.75 Å². The van der Waals surface area contributed by atoms with E-state index in [1.807, 2.05) is 6.92 Å². The molecule has 1 aromatic carbocycles. The highest BCUT2D eigenvalue weighted by molar-refractivity contribution is 8.00. The molecule has 24 heavy (non-hydrogen) atoms. The number of carboxylic acids is 1. The van der Waals surface area contributed by atoms with Crippen molar-refractivity contribution < 1.29 is 28.2 Å². The summed E-state index contributed by atoms with van der Waals surface area (Å²) in [6, 6.07) is 6.03. The predicted octanol–water partition coefficient (Wildman–Crippen LogP) is 3.11. The van der Waals surface area contributed by atoms with Gasteiger partial charge in [0.1, 0.15) is 11.1 Å². The van der Waals surface area contributed by atoms with Crippen molar-refractivity contribution in [3.05, 3.63) is 41.0 Å². The third-order valence-electron chi connectivity index (χ3n) is 3.69. The number of hydrogen-bond acceptors (Lipinski definition) is 4. The fourth-order valence-electron chi connectivity index (χ4n) is 2.40. The van der Waals surface area contributed by atoms with Crippen LogP contribution >= 0.6 is 11.8 Å². The number of alkyl halides is 2. The molecule has 0 saturated heterocycles. The van der Waals surface area contributed by atoms with Gasteiger partial charge in [-0.1, -0.05) is 12.1 Å². The fraction of sp³-hybridized carbons (Fsp3) is 0.375. The van der Waals surface area contributed by atoms with Crippen molar-refractivity contribution in [2.45, 2.75) is 32.4 Å². The van der Waals surface area contributed by atoms with Gasteiger partial charge in [0, 0.05) is 12.1 Å². The second kappa shape index (κ2) is 7.65. The van der Waals surface area contributed by atoms with Crippen LogP contribution in [-0.4, -0.2) is 39.6 Å². The Morgan fingerprint density at radius 1 is 1.33 bits per heavy atom. The van der Waals surface area contributed by atoms with E-state index in [1.54, 1.807) is 24.0 Å². The molecule has 1 aliphatic heterocycles. The average molecular weight is 357 g/mol. The number of halogens is 2. The van der Waals surface area contributed by atoms with E-state index in [4.69, 9.17) is 5.11 Å². The Balaban J connectivity index is 2.11. The van der Waals surface area contributed by atoms with Gasteiger partial charge in [0.2, 0.25) is 0 Å². The molecule has 1 aromatic rings. The molecular weight excluding hydrogens is 340 g/mol. The number of carbonyl (C=O) groups is 2. The summed E-state index contributed by atoms with van der Waals surface area (Å²) in [5.74, 6) is -1.16. The second-order valence-corrected chi connectivity index (χ2v) is 6.39. The van der Waals surface area contributed by atoms with Crippen molar-refractivity contribution in [2.24, 2.45) is 0 Å². The van der Waals surface area contributed by atoms with Gasteiger partial charge in [-0.25, -0.2) is 0 Å². The molecule has 0 fully saturated rings. The van der Waals surface area contributed by atoms with Crippen LogP contribution in [-0.2, 0) is 16.1 Å². The minimum Gasteiger partial charge on any atom is -0.481 e. The Kier molecular flexibility index (Phi) is 5.82. The monoisotopic (exact) mass is 357 g/mol. The van der Waals surface area contributed by atoms with Crippen molar-refractivity contribution >= 4 is 23.6 Å². The molecule has 1 unspecified atom stereocenters. The topological polar surface area (TPSA) is 66.8 Å². The third-order valence-corrected chi connectivity index (χ3v) is 5.03. The lowest BCUT2D eigenvalue weighted by Gasteiger charge is -2.25. The summed E-state index contributed by atoms with van der Waals surface area (Å²) in [5.41, 5.74) is 2.19. The quantitative estimate of drug-likeness (QED) is 0.812. The van der Waals surface area contributed by atoms with Crippen LogP contribution in [0.4, 0.5) is 8.78 Å². The van der Waals surface area contributed by atoms with Gasteiger partial charge in [0.25, 0.3) is 5.91 Å². The van der Waals surface area contributed by atoms with E-state index in [9.17, 15) is 18.4 Å². The van der Waals surface area contributed by atoms with Crippen LogP contribution in [0.2, 0.25) is 0 Å². The first kappa shape index (κ1) is 18.3. The van der Waals surface area contributed by atoms with E-state index < -0.39 is 12.6 Å². The van der Waals surface area contributed by atoms with Crippen LogP contribution in [0.15, 0.2) is 35.4 Å². The Morgan fingerprint density at radius 3 is 2.50 bits per heavy atom. The third kappa shape index (κ3) is 4.25. The summed E-state index contributed by atoms with van der Waals surface area (Å²) in [6.45, 7) is 0.903. The minimum absolute atomic E-state index is 0.0452. The highest BCUT2D eigenvalue weighted by Crippen LogP contribution is 2.34. The van der Waals surface area contributed by atoms with Crippen molar-refractivity contribution in [3.63, 3.8) is 0 Å². The summed E-state index contributed by atoms with van der Waals surface area (Å²) < 4.78 is 28.6. The van der Waals surface area contributed by atoms with E-state index in [0.29, 0.717) is 5.57 Å². The van der Waals surface area contributed by atoms with E-state index in [1.165, 1.54) is 23.9 Å². The van der Waals surface area contributed by atoms with Gasteiger partial charge in [-0.05, 0) is 37.1 Å². The molecule has 5 nitrogen and oxygen atoms in total. The van der Waals surface area contributed by atoms with Gasteiger partial charge in [0.15, 0.2) is 0 Å². The largest absolute Gasteiger partial charge is 0.481 e. The molecule has 8 heteroatoms. The fourth-order valence-corrected chi connectivity index (χ4v) is 3.48. The molecule has 0 radical (unpaired) electrons. The Morgan fingerprint density at radius 2 is 1.96 bits per heavy atom. The normalized spacial score (nSPS) is 17.8. The zero-order valence-electron chi connectivity index (χ0n) is 13.2. The summed E-state index contributed by atoms with van der Waals surface area (Å²) in [6.07, 6.45) is 0. The molecule has 0 aliphatic carbocycles. The summed E-state index contributed by atoms with van der Waals surface area (Å²) in [5, 5.41) is 8.51. The van der Waals surface area contributed by atoms with Crippen molar-refractivity contribution in [3.8, 4) is 5.75 Å². The van der Waals surface area contributed by atoms with Crippen LogP contribution in [0.1, 0.15) is 19.4 Å². The van der Waals surface area contributed by atoms with Gasteiger partial charge in [0.05, 0.1) is 5.75 Å². The van der Waals surface area contributed by atoms with E-state index in [-0.39, 0.29) is 29.3 Å². The summed E-state index contributed by atoms with van der Waals surface area (Å²) in [4.78, 5) is 24.8. The van der Waals surface area contributed by atoms with Gasteiger partial charge in [-0.3, -0.25) is 9.59 Å². The zero-order valence-corrected chi connectivity index (χ0v) is 14.0. The number of carboxylic acid groups (broad SMARTS) is 1. The molecule has 1 heterocycles. The molecule has 1 amide bonds. The number of thioether (sulfide) groups is 1. The maximum atomic E-state index is 12.4. The molecule has 0 spiro atoms. The van der Waals surface area contributed by atoms with Gasteiger partial charge in [-0.2, -0.15) is 8.78 Å². The molecular formula is C16H17F2NO4S. The zero-order chi connectivity index (χ0) is 17.9. The molecule has 1 aliphatic rings. The van der Waals surface area contributed by atoms with E-state index in [2.05, 4.69) is 4.74 Å². The SMILES string of the molecule is CC1=C(C)C(SCC(=O)O)N(Cc2ccc(OC(F)F)cc2)C1=O. The number of carbonyl (C=O) groups excluding carboxylic acids is 1. The second-order valence-electron chi connectivity index (χ2n) is 5.32. The Labute approximate surface area is 142 Å². The number of rotatable bonds is 7. The van der Waals surface area contributed by atoms with Crippen molar-refractivity contribution in [1.82, 2.24) is 4.90 Å². The number of amides is 1. The highest BCUT2D eigenvalue weighted by Gasteiger charge is 2.35. The number of hydrogen-bond donors (Lipinski definition) is 1. The minimum atomic E-state index is -2.89. The number of benzene rings is 1. The first-order valence-corrected chi connectivity index (χ1v) is 8.20. The lowest BCUT2D eigenvalue weighted by molar-refractivity contribution is -0.134. The Bertz CT molecular complexity index is 661. The van der Waals surface area contributed by atoms with Gasteiger partial charge >= 0.3 is 12.6 Å². The van der Waals surface area contributed by atoms with Crippen LogP contribution in [0, 0.1) is 0 Å². The van der Waals surface area contributed by atoms with Gasteiger partial charge < -0.3 is 14.7 Å². The van der Waals surface area contributed by atoms with Crippen LogP contribution in [0.25, 0.3) is 0 Å². The maximum Gasteiger partial charge on any atom is 0.387 e. The molecule has 1 N–H and O–H groups in total. The smallest absolute Gasteiger partial charge is 0.387 e. The first-order chi connectivity index (χ1) is 11.3. The molecule has 1 atom stereocenters. The molecule has 130 valence electrons. The molecule has 0 saturated carbocycles. The standard InChI is InChI=1S/C16H17F2NO4S/c1-9-10(2)15(24-8-13(20)21)19(14(9)22)7-11-3-5-12(6-4-11)23-16(17)18/h3-6,15-16H,7-8H2,1-2H3,(H,20,21). The van der Waals surface area contributed by atoms with Crippen LogP contribution in [0.5, 0.6) is 5.75 Å². The van der Waals surface area contributed by atoms with E-state index in [0.717, 1.165) is 11.1 Å². The highest BCUT2D eigenvalue weighted by atomic mass is 32.2. The summed E-state index contributed by atoms with van der Waals surface area (Å²) >= 11 is 1.17. The molecule has 0 bridgehead atoms.